The van der Waals surface area contributed by atoms with Gasteiger partial charge >= 0.3 is 17.9 Å². The number of hydrogen-bond donors (Lipinski definition) is 0. The van der Waals surface area contributed by atoms with Crippen molar-refractivity contribution in [1.82, 2.24) is 0 Å². The van der Waals surface area contributed by atoms with E-state index in [9.17, 15) is 14.4 Å². The lowest BCUT2D eigenvalue weighted by Gasteiger charge is -2.18. The molecule has 0 unspecified atom stereocenters. The molecule has 0 N–H and O–H groups in total. The van der Waals surface area contributed by atoms with E-state index in [1.165, 1.54) is 51.4 Å². The van der Waals surface area contributed by atoms with Gasteiger partial charge in [0.2, 0.25) is 0 Å². The zero-order chi connectivity index (χ0) is 52.9. The van der Waals surface area contributed by atoms with E-state index < -0.39 is 12.1 Å². The highest BCUT2D eigenvalue weighted by atomic mass is 16.6. The summed E-state index contributed by atoms with van der Waals surface area (Å²) in [7, 11) is 0. The van der Waals surface area contributed by atoms with Crippen LogP contribution in [0, 0.1) is 0 Å². The fraction of sp³-hybridized carbons (Fsp3) is 0.537. The van der Waals surface area contributed by atoms with Crippen molar-refractivity contribution in [3.63, 3.8) is 0 Å². The van der Waals surface area contributed by atoms with E-state index in [0.717, 1.165) is 109 Å². The van der Waals surface area contributed by atoms with Gasteiger partial charge in [-0.3, -0.25) is 14.4 Å². The fourth-order valence-electron chi connectivity index (χ4n) is 6.93. The summed E-state index contributed by atoms with van der Waals surface area (Å²) in [6, 6.07) is 0. The lowest BCUT2D eigenvalue weighted by molar-refractivity contribution is -0.166. The van der Waals surface area contributed by atoms with E-state index >= 15 is 0 Å². The first-order valence-corrected chi connectivity index (χ1v) is 28.6. The van der Waals surface area contributed by atoms with Gasteiger partial charge in [-0.15, -0.1) is 0 Å². The summed E-state index contributed by atoms with van der Waals surface area (Å²) in [5.74, 6) is -1.15. The molecular weight excluding hydrogens is 901 g/mol. The highest BCUT2D eigenvalue weighted by Gasteiger charge is 2.19. The second-order valence-electron chi connectivity index (χ2n) is 18.1. The monoisotopic (exact) mass is 1000 g/mol. The summed E-state index contributed by atoms with van der Waals surface area (Å²) in [5, 5.41) is 0. The molecule has 0 spiro atoms. The summed E-state index contributed by atoms with van der Waals surface area (Å²) in [6.45, 7) is 6.30. The number of carbonyl (C=O) groups excluding carboxylic acids is 3. The molecule has 0 rings (SSSR count). The van der Waals surface area contributed by atoms with Crippen LogP contribution in [-0.4, -0.2) is 37.2 Å². The number of hydrogen-bond acceptors (Lipinski definition) is 6. The van der Waals surface area contributed by atoms with Crippen LogP contribution in [0.1, 0.15) is 213 Å². The topological polar surface area (TPSA) is 78.9 Å². The van der Waals surface area contributed by atoms with Crippen LogP contribution < -0.4 is 0 Å². The number of rotatable bonds is 49. The van der Waals surface area contributed by atoms with Gasteiger partial charge in [-0.25, -0.2) is 0 Å². The molecule has 1 atom stereocenters. The fourth-order valence-corrected chi connectivity index (χ4v) is 6.93. The van der Waals surface area contributed by atoms with Crippen molar-refractivity contribution in [2.24, 2.45) is 0 Å². The molecule has 0 radical (unpaired) electrons. The number of carbonyl (C=O) groups is 3. The zero-order valence-electron chi connectivity index (χ0n) is 46.3. The van der Waals surface area contributed by atoms with Crippen molar-refractivity contribution in [2.45, 2.75) is 219 Å². The normalized spacial score (nSPS) is 13.4. The number of ether oxygens (including phenoxy) is 3. The second-order valence-corrected chi connectivity index (χ2v) is 18.1. The maximum Gasteiger partial charge on any atom is 0.306 e. The Balaban J connectivity index is 4.70. The molecule has 0 amide bonds. The van der Waals surface area contributed by atoms with Gasteiger partial charge in [0.1, 0.15) is 13.2 Å². The number of esters is 3. The van der Waals surface area contributed by atoms with Crippen LogP contribution >= 0.6 is 0 Å². The van der Waals surface area contributed by atoms with Crippen molar-refractivity contribution < 1.29 is 28.6 Å². The Hall–Kier alpha value is -5.23. The van der Waals surface area contributed by atoms with Crippen LogP contribution in [0.25, 0.3) is 0 Å². The molecule has 0 fully saturated rings. The van der Waals surface area contributed by atoms with Gasteiger partial charge in [-0.2, -0.15) is 0 Å². The van der Waals surface area contributed by atoms with Gasteiger partial charge in [-0.1, -0.05) is 229 Å². The summed E-state index contributed by atoms with van der Waals surface area (Å²) >= 11 is 0. The zero-order valence-corrected chi connectivity index (χ0v) is 46.3. The summed E-state index contributed by atoms with van der Waals surface area (Å²) < 4.78 is 16.7. The molecule has 0 aromatic heterocycles. The third-order valence-electron chi connectivity index (χ3n) is 11.2. The predicted molar refractivity (Wildman–Crippen MR) is 315 cm³/mol. The largest absolute Gasteiger partial charge is 0.462 e. The van der Waals surface area contributed by atoms with Gasteiger partial charge in [0, 0.05) is 19.3 Å². The SMILES string of the molecule is CC/C=C\C/C=C\C/C=C\C/C=C\C/C=C\C/C=C\CCC(=O)OC[C@H](COC(=O)CCCCCC/C=C\C/C=C\C/C=C\CCCCC)OC(=O)CC/C=C\C/C=C\C/C=C\C/C=C\C/C=C\CCCCC. The van der Waals surface area contributed by atoms with Crippen LogP contribution in [0.15, 0.2) is 170 Å². The Bertz CT molecular complexity index is 1720. The lowest BCUT2D eigenvalue weighted by atomic mass is 10.1. The standard InChI is InChI=1S/C67H102O6/c1-4-7-10-13-16-19-22-25-28-31-33-36-39-42-45-48-51-54-57-60-66(69)72-63-64(62-71-65(68)59-56-53-50-47-44-41-38-35-30-27-24-21-18-15-12-9-6-3)73-67(70)61-58-55-52-49-46-43-40-37-34-32-29-26-23-20-17-14-11-8-5-2/h7,10,16-21,25-30,33-34,36-38,41-43,45-46,51-52,54-55,64H,4-6,8-9,11-15,22-24,31-32,35,39-40,44,47-50,53,56-63H2,1-3H3/b10-7-,19-16-,20-17-,21-18-,28-25-,29-26-,30-27-,36-33-,37-34-,41-38-,45-42-,46-43-,54-51-,55-52-/t64-/m0/s1. The third kappa shape index (κ3) is 57.5. The summed E-state index contributed by atoms with van der Waals surface area (Å²) in [6.07, 6.45) is 87.9. The first kappa shape index (κ1) is 67.8. The number of allylic oxidation sites excluding steroid dienone is 28. The quantitative estimate of drug-likeness (QED) is 0.0261. The van der Waals surface area contributed by atoms with E-state index in [4.69, 9.17) is 14.2 Å². The van der Waals surface area contributed by atoms with Crippen LogP contribution in [0.3, 0.4) is 0 Å². The lowest BCUT2D eigenvalue weighted by Crippen LogP contribution is -2.30. The molecule has 0 aliphatic heterocycles. The van der Waals surface area contributed by atoms with E-state index in [1.54, 1.807) is 0 Å². The van der Waals surface area contributed by atoms with Crippen molar-refractivity contribution in [1.29, 1.82) is 0 Å². The first-order valence-electron chi connectivity index (χ1n) is 28.6. The molecule has 0 bridgehead atoms. The third-order valence-corrected chi connectivity index (χ3v) is 11.2. The Morgan fingerprint density at radius 2 is 0.562 bits per heavy atom. The van der Waals surface area contributed by atoms with Gasteiger partial charge in [-0.05, 0) is 135 Å². The second kappa shape index (κ2) is 59.3. The molecule has 0 aliphatic carbocycles. The van der Waals surface area contributed by atoms with Gasteiger partial charge in [0.25, 0.3) is 0 Å². The van der Waals surface area contributed by atoms with Crippen LogP contribution in [0.5, 0.6) is 0 Å². The van der Waals surface area contributed by atoms with Gasteiger partial charge < -0.3 is 14.2 Å². The molecule has 0 aromatic carbocycles. The van der Waals surface area contributed by atoms with E-state index in [2.05, 4.69) is 167 Å². The molecule has 406 valence electrons. The Morgan fingerprint density at radius 3 is 0.904 bits per heavy atom. The molecular formula is C67H102O6. The Labute approximate surface area is 447 Å². The Morgan fingerprint density at radius 1 is 0.288 bits per heavy atom. The maximum atomic E-state index is 12.8. The van der Waals surface area contributed by atoms with Gasteiger partial charge in [0.05, 0.1) is 0 Å². The van der Waals surface area contributed by atoms with Crippen molar-refractivity contribution in [3.8, 4) is 0 Å². The molecule has 0 heterocycles. The molecule has 0 saturated heterocycles. The molecule has 0 aliphatic rings. The molecule has 73 heavy (non-hydrogen) atoms. The highest BCUT2D eigenvalue weighted by Crippen LogP contribution is 2.10. The molecule has 0 saturated carbocycles. The first-order chi connectivity index (χ1) is 36.0. The highest BCUT2D eigenvalue weighted by molar-refractivity contribution is 5.71. The summed E-state index contributed by atoms with van der Waals surface area (Å²) in [4.78, 5) is 38.1. The van der Waals surface area contributed by atoms with Crippen LogP contribution in [0.4, 0.5) is 0 Å². The van der Waals surface area contributed by atoms with Crippen molar-refractivity contribution in [3.05, 3.63) is 170 Å². The van der Waals surface area contributed by atoms with Crippen LogP contribution in [0.2, 0.25) is 0 Å². The van der Waals surface area contributed by atoms with Crippen molar-refractivity contribution >= 4 is 17.9 Å². The molecule has 6 nitrogen and oxygen atoms in total. The van der Waals surface area contributed by atoms with Crippen molar-refractivity contribution in [2.75, 3.05) is 13.2 Å². The smallest absolute Gasteiger partial charge is 0.306 e. The Kier molecular flexibility index (Phi) is 55.1. The minimum atomic E-state index is -0.868. The van der Waals surface area contributed by atoms with E-state index in [-0.39, 0.29) is 38.0 Å². The summed E-state index contributed by atoms with van der Waals surface area (Å²) in [5.41, 5.74) is 0. The van der Waals surface area contributed by atoms with E-state index in [0.29, 0.717) is 19.3 Å². The minimum absolute atomic E-state index is 0.151. The van der Waals surface area contributed by atoms with Crippen LogP contribution in [-0.2, 0) is 28.6 Å². The average Bonchev–Trinajstić information content (AvgIpc) is 3.39. The minimum Gasteiger partial charge on any atom is -0.462 e. The van der Waals surface area contributed by atoms with Gasteiger partial charge in [0.15, 0.2) is 6.10 Å². The molecule has 0 aromatic rings. The molecule has 6 heteroatoms. The average molecular weight is 1000 g/mol. The number of unbranched alkanes of at least 4 members (excludes halogenated alkanes) is 10. The maximum absolute atomic E-state index is 12.8. The predicted octanol–water partition coefficient (Wildman–Crippen LogP) is 19.5. The van der Waals surface area contributed by atoms with E-state index in [1.807, 2.05) is 24.3 Å².